The highest BCUT2D eigenvalue weighted by molar-refractivity contribution is 9.10. The molecule has 0 spiro atoms. The lowest BCUT2D eigenvalue weighted by Gasteiger charge is -2.15. The lowest BCUT2D eigenvalue weighted by Crippen LogP contribution is -2.14. The number of aryl methyl sites for hydroxylation is 2. The fourth-order valence-corrected chi connectivity index (χ4v) is 3.99. The number of nitrogens with zero attached hydrogens (tertiary/aromatic N) is 1. The molecule has 162 valence electrons. The van der Waals surface area contributed by atoms with E-state index in [-0.39, 0.29) is 5.91 Å². The molecule has 6 heteroatoms. The number of hydrogen-bond acceptors (Lipinski definition) is 4. The Morgan fingerprint density at radius 3 is 2.38 bits per heavy atom. The normalized spacial score (nSPS) is 10.8. The Morgan fingerprint density at radius 1 is 0.938 bits per heavy atom. The summed E-state index contributed by atoms with van der Waals surface area (Å²) in [5.74, 6) is 0.943. The first-order valence-electron chi connectivity index (χ1n) is 10.1. The molecule has 0 saturated carbocycles. The van der Waals surface area contributed by atoms with Crippen molar-refractivity contribution in [2.45, 2.75) is 13.8 Å². The van der Waals surface area contributed by atoms with Crippen molar-refractivity contribution in [3.8, 4) is 22.8 Å². The monoisotopic (exact) mass is 490 g/mol. The van der Waals surface area contributed by atoms with Gasteiger partial charge in [0.25, 0.3) is 5.91 Å². The van der Waals surface area contributed by atoms with Crippen LogP contribution in [0.1, 0.15) is 21.5 Å². The molecule has 0 radical (unpaired) electrons. The Bertz CT molecular complexity index is 1320. The van der Waals surface area contributed by atoms with Crippen LogP contribution < -0.4 is 14.8 Å². The van der Waals surface area contributed by atoms with Gasteiger partial charge in [0.2, 0.25) is 0 Å². The van der Waals surface area contributed by atoms with E-state index in [0.29, 0.717) is 22.7 Å². The van der Waals surface area contributed by atoms with Crippen LogP contribution in [0.4, 0.5) is 5.69 Å². The number of fused-ring (bicyclic) bond motifs is 1. The van der Waals surface area contributed by atoms with E-state index in [4.69, 9.17) is 14.5 Å². The van der Waals surface area contributed by atoms with E-state index < -0.39 is 0 Å². The number of carbonyl (C=O) groups is 1. The molecule has 0 atom stereocenters. The third kappa shape index (κ3) is 4.32. The molecule has 1 aromatic heterocycles. The highest BCUT2D eigenvalue weighted by Crippen LogP contribution is 2.32. The van der Waals surface area contributed by atoms with E-state index in [1.807, 2.05) is 50.2 Å². The topological polar surface area (TPSA) is 60.5 Å². The van der Waals surface area contributed by atoms with Gasteiger partial charge in [0.05, 0.1) is 36.7 Å². The molecule has 5 nitrogen and oxygen atoms in total. The standard InChI is InChI=1S/C26H23BrN2O3/c1-15-11-16(2)25-20(12-15)21(14-23(28-25)17-5-7-18(27)8-6-17)26(30)29-22-10-9-19(31-3)13-24(22)32-4/h5-14H,1-4H3,(H,29,30). The van der Waals surface area contributed by atoms with Crippen LogP contribution in [-0.2, 0) is 0 Å². The quantitative estimate of drug-likeness (QED) is 0.344. The van der Waals surface area contributed by atoms with Crippen molar-refractivity contribution >= 4 is 38.4 Å². The SMILES string of the molecule is COc1ccc(NC(=O)c2cc(-c3ccc(Br)cc3)nc3c(C)cc(C)cc23)c(OC)c1. The highest BCUT2D eigenvalue weighted by atomic mass is 79.9. The first-order chi connectivity index (χ1) is 15.4. The van der Waals surface area contributed by atoms with Gasteiger partial charge in [-0.25, -0.2) is 4.98 Å². The summed E-state index contributed by atoms with van der Waals surface area (Å²) in [6.07, 6.45) is 0. The first-order valence-corrected chi connectivity index (χ1v) is 10.9. The molecule has 0 aliphatic carbocycles. The van der Waals surface area contributed by atoms with Gasteiger partial charge in [-0.2, -0.15) is 0 Å². The van der Waals surface area contributed by atoms with Crippen LogP contribution in [0, 0.1) is 13.8 Å². The average Bonchev–Trinajstić information content (AvgIpc) is 2.79. The number of halogens is 1. The van der Waals surface area contributed by atoms with Crippen molar-refractivity contribution < 1.29 is 14.3 Å². The maximum absolute atomic E-state index is 13.5. The number of aromatic nitrogens is 1. The van der Waals surface area contributed by atoms with E-state index in [2.05, 4.69) is 27.3 Å². The molecular formula is C26H23BrN2O3. The first kappa shape index (κ1) is 21.8. The second-order valence-corrected chi connectivity index (χ2v) is 8.48. The fraction of sp³-hybridized carbons (Fsp3) is 0.154. The molecule has 32 heavy (non-hydrogen) atoms. The van der Waals surface area contributed by atoms with Gasteiger partial charge in [-0.15, -0.1) is 0 Å². The number of nitrogens with one attached hydrogen (secondary N) is 1. The minimum Gasteiger partial charge on any atom is -0.497 e. The molecule has 1 amide bonds. The van der Waals surface area contributed by atoms with Gasteiger partial charge in [0, 0.05) is 21.5 Å². The van der Waals surface area contributed by atoms with Crippen molar-refractivity contribution in [2.75, 3.05) is 19.5 Å². The highest BCUT2D eigenvalue weighted by Gasteiger charge is 2.18. The average molecular weight is 491 g/mol. The third-order valence-corrected chi connectivity index (χ3v) is 5.82. The van der Waals surface area contributed by atoms with Crippen molar-refractivity contribution in [3.05, 3.63) is 81.8 Å². The Balaban J connectivity index is 1.85. The Morgan fingerprint density at radius 2 is 1.69 bits per heavy atom. The summed E-state index contributed by atoms with van der Waals surface area (Å²) < 4.78 is 11.7. The number of rotatable bonds is 5. The Kier molecular flexibility index (Phi) is 6.15. The summed E-state index contributed by atoms with van der Waals surface area (Å²) in [6.45, 7) is 4.03. The minimum absolute atomic E-state index is 0.232. The van der Waals surface area contributed by atoms with Crippen LogP contribution >= 0.6 is 15.9 Å². The predicted molar refractivity (Wildman–Crippen MR) is 132 cm³/mol. The molecular weight excluding hydrogens is 468 g/mol. The van der Waals surface area contributed by atoms with E-state index in [9.17, 15) is 4.79 Å². The van der Waals surface area contributed by atoms with E-state index >= 15 is 0 Å². The smallest absolute Gasteiger partial charge is 0.256 e. The number of hydrogen-bond donors (Lipinski definition) is 1. The zero-order valence-electron chi connectivity index (χ0n) is 18.3. The number of amides is 1. The number of ether oxygens (including phenoxy) is 2. The maximum Gasteiger partial charge on any atom is 0.256 e. The van der Waals surface area contributed by atoms with E-state index in [1.54, 1.807) is 32.4 Å². The van der Waals surface area contributed by atoms with Crippen molar-refractivity contribution in [1.82, 2.24) is 4.98 Å². The van der Waals surface area contributed by atoms with Gasteiger partial charge in [-0.3, -0.25) is 4.79 Å². The van der Waals surface area contributed by atoms with Gasteiger partial charge in [0.1, 0.15) is 11.5 Å². The van der Waals surface area contributed by atoms with Crippen LogP contribution in [0.5, 0.6) is 11.5 Å². The number of methoxy groups -OCH3 is 2. The number of benzene rings is 3. The van der Waals surface area contributed by atoms with Crippen molar-refractivity contribution in [2.24, 2.45) is 0 Å². The molecule has 0 fully saturated rings. The molecule has 0 aliphatic rings. The molecule has 0 unspecified atom stereocenters. The van der Waals surface area contributed by atoms with E-state index in [1.165, 1.54) is 0 Å². The van der Waals surface area contributed by atoms with Gasteiger partial charge >= 0.3 is 0 Å². The van der Waals surface area contributed by atoms with Crippen LogP contribution in [-0.4, -0.2) is 25.1 Å². The molecule has 4 aromatic rings. The number of anilines is 1. The lowest BCUT2D eigenvalue weighted by molar-refractivity contribution is 0.102. The summed E-state index contributed by atoms with van der Waals surface area (Å²) in [4.78, 5) is 18.4. The minimum atomic E-state index is -0.232. The summed E-state index contributed by atoms with van der Waals surface area (Å²) in [6, 6.07) is 19.1. The number of carbonyl (C=O) groups excluding carboxylic acids is 1. The van der Waals surface area contributed by atoms with Crippen LogP contribution in [0.15, 0.2) is 65.1 Å². The Labute approximate surface area is 195 Å². The summed E-state index contributed by atoms with van der Waals surface area (Å²) >= 11 is 3.47. The zero-order valence-corrected chi connectivity index (χ0v) is 19.9. The van der Waals surface area contributed by atoms with Crippen LogP contribution in [0.25, 0.3) is 22.2 Å². The van der Waals surface area contributed by atoms with E-state index in [0.717, 1.165) is 37.8 Å². The maximum atomic E-state index is 13.5. The van der Waals surface area contributed by atoms with Gasteiger partial charge in [0.15, 0.2) is 0 Å². The molecule has 4 rings (SSSR count). The zero-order chi connectivity index (χ0) is 22.8. The molecule has 0 bridgehead atoms. The second-order valence-electron chi connectivity index (χ2n) is 7.56. The Hall–Kier alpha value is -3.38. The summed E-state index contributed by atoms with van der Waals surface area (Å²) in [5, 5.41) is 3.81. The fourth-order valence-electron chi connectivity index (χ4n) is 3.73. The molecule has 1 heterocycles. The third-order valence-electron chi connectivity index (χ3n) is 5.29. The molecule has 0 aliphatic heterocycles. The van der Waals surface area contributed by atoms with Gasteiger partial charge < -0.3 is 14.8 Å². The predicted octanol–water partition coefficient (Wildman–Crippen LogP) is 6.55. The summed E-state index contributed by atoms with van der Waals surface area (Å²) in [5.41, 5.74) is 5.70. The molecule has 0 saturated heterocycles. The second kappa shape index (κ2) is 9.01. The van der Waals surface area contributed by atoms with Crippen LogP contribution in [0.2, 0.25) is 0 Å². The van der Waals surface area contributed by atoms with Crippen LogP contribution in [0.3, 0.4) is 0 Å². The van der Waals surface area contributed by atoms with Gasteiger partial charge in [-0.1, -0.05) is 39.7 Å². The van der Waals surface area contributed by atoms with Crippen molar-refractivity contribution in [3.63, 3.8) is 0 Å². The van der Waals surface area contributed by atoms with Gasteiger partial charge in [-0.05, 0) is 55.8 Å². The molecule has 1 N–H and O–H groups in total. The molecule has 3 aromatic carbocycles. The lowest BCUT2D eigenvalue weighted by atomic mass is 9.99. The summed E-state index contributed by atoms with van der Waals surface area (Å²) in [7, 11) is 3.15. The largest absolute Gasteiger partial charge is 0.497 e. The number of pyridine rings is 1. The van der Waals surface area contributed by atoms with Crippen molar-refractivity contribution in [1.29, 1.82) is 0 Å².